The third-order valence-corrected chi connectivity index (χ3v) is 5.20. The van der Waals surface area contributed by atoms with Crippen LogP contribution in [0.2, 0.25) is 0 Å². The first kappa shape index (κ1) is 26.2. The summed E-state index contributed by atoms with van der Waals surface area (Å²) in [6.07, 6.45) is -1.56. The van der Waals surface area contributed by atoms with Crippen LogP contribution in [0.3, 0.4) is 0 Å². The summed E-state index contributed by atoms with van der Waals surface area (Å²) in [5, 5.41) is 30.0. The average Bonchev–Trinajstić information content (AvgIpc) is 2.70. The van der Waals surface area contributed by atoms with Gasteiger partial charge in [0.05, 0.1) is 12.1 Å². The number of rotatable bonds is 10. The summed E-state index contributed by atoms with van der Waals surface area (Å²) in [5.74, 6) is -0.647. The standard InChI is InChI=1S/C22H36N4O5/c1-14(15-10-7-6-8-11-15)24-19(28)18(27)16(25-21(30)31)12-9-13-17(22(2,3)4)26-20(29)23-5/h6-8,10-11,14,16-18,25,27H,9,12-13H2,1-5H3,(H,24,28)(H,30,31)(H2,23,26,29)/t14-,16+,17?,18?/m1/s1. The van der Waals surface area contributed by atoms with Crippen LogP contribution in [0.25, 0.3) is 0 Å². The van der Waals surface area contributed by atoms with E-state index >= 15 is 0 Å². The van der Waals surface area contributed by atoms with Gasteiger partial charge < -0.3 is 31.5 Å². The highest BCUT2D eigenvalue weighted by Crippen LogP contribution is 2.24. The quantitative estimate of drug-likeness (QED) is 0.334. The van der Waals surface area contributed by atoms with E-state index in [9.17, 15) is 19.5 Å². The van der Waals surface area contributed by atoms with E-state index in [1.54, 1.807) is 6.92 Å². The normalized spacial score (nSPS) is 15.2. The van der Waals surface area contributed by atoms with Crippen molar-refractivity contribution in [1.29, 1.82) is 0 Å². The highest BCUT2D eigenvalue weighted by atomic mass is 16.4. The Morgan fingerprint density at radius 3 is 2.13 bits per heavy atom. The number of hydrogen-bond acceptors (Lipinski definition) is 4. The van der Waals surface area contributed by atoms with Crippen LogP contribution in [0.1, 0.15) is 58.6 Å². The molecule has 6 N–H and O–H groups in total. The fourth-order valence-corrected chi connectivity index (χ4v) is 3.27. The second-order valence-corrected chi connectivity index (χ2v) is 8.71. The Morgan fingerprint density at radius 2 is 1.61 bits per heavy atom. The molecule has 31 heavy (non-hydrogen) atoms. The van der Waals surface area contributed by atoms with E-state index in [0.29, 0.717) is 12.8 Å². The number of aliphatic hydroxyl groups is 1. The van der Waals surface area contributed by atoms with Gasteiger partial charge in [-0.1, -0.05) is 51.1 Å². The molecule has 0 fully saturated rings. The van der Waals surface area contributed by atoms with Gasteiger partial charge in [-0.3, -0.25) is 4.79 Å². The second kappa shape index (κ2) is 12.1. The van der Waals surface area contributed by atoms with Crippen LogP contribution in [0, 0.1) is 5.41 Å². The molecule has 1 aromatic rings. The fourth-order valence-electron chi connectivity index (χ4n) is 3.27. The maximum atomic E-state index is 12.5. The number of benzene rings is 1. The number of carbonyl (C=O) groups excluding carboxylic acids is 2. The largest absolute Gasteiger partial charge is 0.465 e. The Kier molecular flexibility index (Phi) is 10.3. The summed E-state index contributed by atoms with van der Waals surface area (Å²) in [4.78, 5) is 35.5. The number of nitrogens with one attached hydrogen (secondary N) is 4. The molecule has 4 atom stereocenters. The van der Waals surface area contributed by atoms with Gasteiger partial charge in [0.15, 0.2) is 6.10 Å². The smallest absolute Gasteiger partial charge is 0.404 e. The van der Waals surface area contributed by atoms with Crippen molar-refractivity contribution in [3.05, 3.63) is 35.9 Å². The van der Waals surface area contributed by atoms with Crippen LogP contribution in [0.4, 0.5) is 9.59 Å². The van der Waals surface area contributed by atoms with Crippen LogP contribution < -0.4 is 21.3 Å². The minimum atomic E-state index is -1.54. The summed E-state index contributed by atoms with van der Waals surface area (Å²) >= 11 is 0. The molecular weight excluding hydrogens is 400 g/mol. The van der Waals surface area contributed by atoms with Gasteiger partial charge in [-0.15, -0.1) is 0 Å². The molecule has 0 heterocycles. The lowest BCUT2D eigenvalue weighted by Crippen LogP contribution is -2.51. The molecule has 0 aliphatic carbocycles. The molecule has 1 rings (SSSR count). The Labute approximate surface area is 184 Å². The monoisotopic (exact) mass is 436 g/mol. The van der Waals surface area contributed by atoms with E-state index in [-0.39, 0.29) is 30.0 Å². The average molecular weight is 437 g/mol. The third kappa shape index (κ3) is 9.25. The van der Waals surface area contributed by atoms with Crippen molar-refractivity contribution < 1.29 is 24.6 Å². The van der Waals surface area contributed by atoms with E-state index in [0.717, 1.165) is 5.56 Å². The number of urea groups is 1. The Bertz CT molecular complexity index is 720. The summed E-state index contributed by atoms with van der Waals surface area (Å²) in [5.41, 5.74) is 0.655. The van der Waals surface area contributed by atoms with E-state index < -0.39 is 24.1 Å². The Morgan fingerprint density at radius 1 is 1.00 bits per heavy atom. The highest BCUT2D eigenvalue weighted by molar-refractivity contribution is 5.82. The lowest BCUT2D eigenvalue weighted by Gasteiger charge is -2.32. The highest BCUT2D eigenvalue weighted by Gasteiger charge is 2.30. The lowest BCUT2D eigenvalue weighted by atomic mass is 9.83. The van der Waals surface area contributed by atoms with Gasteiger partial charge in [0.2, 0.25) is 0 Å². The van der Waals surface area contributed by atoms with Crippen LogP contribution in [0.5, 0.6) is 0 Å². The van der Waals surface area contributed by atoms with Crippen LogP contribution in [-0.4, -0.2) is 53.5 Å². The molecular formula is C22H36N4O5. The van der Waals surface area contributed by atoms with E-state index in [1.807, 2.05) is 51.1 Å². The topological polar surface area (TPSA) is 140 Å². The van der Waals surface area contributed by atoms with Crippen molar-refractivity contribution in [1.82, 2.24) is 21.3 Å². The van der Waals surface area contributed by atoms with E-state index in [2.05, 4.69) is 21.3 Å². The molecule has 174 valence electrons. The molecule has 0 saturated carbocycles. The summed E-state index contributed by atoms with van der Waals surface area (Å²) < 4.78 is 0. The molecule has 0 spiro atoms. The first-order valence-electron chi connectivity index (χ1n) is 10.5. The summed E-state index contributed by atoms with van der Waals surface area (Å²) in [7, 11) is 1.53. The van der Waals surface area contributed by atoms with Crippen molar-refractivity contribution in [3.8, 4) is 0 Å². The van der Waals surface area contributed by atoms with Gasteiger partial charge in [0.25, 0.3) is 5.91 Å². The first-order valence-corrected chi connectivity index (χ1v) is 10.5. The molecule has 2 unspecified atom stereocenters. The first-order chi connectivity index (χ1) is 14.5. The lowest BCUT2D eigenvalue weighted by molar-refractivity contribution is -0.131. The zero-order valence-corrected chi connectivity index (χ0v) is 18.9. The van der Waals surface area contributed by atoms with Crippen molar-refractivity contribution in [2.45, 2.75) is 71.2 Å². The number of amides is 4. The van der Waals surface area contributed by atoms with Gasteiger partial charge in [0, 0.05) is 13.1 Å². The van der Waals surface area contributed by atoms with Crippen molar-refractivity contribution in [2.75, 3.05) is 7.05 Å². The Hall–Kier alpha value is -2.81. The molecule has 0 aromatic heterocycles. The van der Waals surface area contributed by atoms with Crippen LogP contribution in [0.15, 0.2) is 30.3 Å². The van der Waals surface area contributed by atoms with Gasteiger partial charge in [-0.25, -0.2) is 9.59 Å². The number of carboxylic acid groups (broad SMARTS) is 1. The van der Waals surface area contributed by atoms with Gasteiger partial charge in [0.1, 0.15) is 0 Å². The molecule has 9 nitrogen and oxygen atoms in total. The second-order valence-electron chi connectivity index (χ2n) is 8.71. The SMILES string of the molecule is CNC(=O)NC(CCC[C@H](NC(=O)O)C(O)C(=O)N[C@H](C)c1ccccc1)C(C)(C)C. The van der Waals surface area contributed by atoms with Crippen molar-refractivity contribution in [2.24, 2.45) is 5.41 Å². The molecule has 0 bridgehead atoms. The number of carbonyl (C=O) groups is 3. The molecule has 9 heteroatoms. The van der Waals surface area contributed by atoms with Gasteiger partial charge >= 0.3 is 12.1 Å². The van der Waals surface area contributed by atoms with Gasteiger partial charge in [-0.05, 0) is 37.2 Å². The minimum absolute atomic E-state index is 0.165. The molecule has 0 aliphatic heterocycles. The molecule has 0 radical (unpaired) electrons. The molecule has 0 aliphatic rings. The molecule has 4 amide bonds. The maximum Gasteiger partial charge on any atom is 0.404 e. The van der Waals surface area contributed by atoms with Gasteiger partial charge in [-0.2, -0.15) is 0 Å². The zero-order chi connectivity index (χ0) is 23.6. The predicted octanol–water partition coefficient (Wildman–Crippen LogP) is 2.37. The van der Waals surface area contributed by atoms with Crippen LogP contribution in [-0.2, 0) is 4.79 Å². The molecule has 1 aromatic carbocycles. The van der Waals surface area contributed by atoms with E-state index in [1.165, 1.54) is 7.05 Å². The van der Waals surface area contributed by atoms with Crippen molar-refractivity contribution >= 4 is 18.0 Å². The van der Waals surface area contributed by atoms with Crippen molar-refractivity contribution in [3.63, 3.8) is 0 Å². The third-order valence-electron chi connectivity index (χ3n) is 5.20. The predicted molar refractivity (Wildman–Crippen MR) is 119 cm³/mol. The zero-order valence-electron chi connectivity index (χ0n) is 18.9. The fraction of sp³-hybridized carbons (Fsp3) is 0.591. The summed E-state index contributed by atoms with van der Waals surface area (Å²) in [6.45, 7) is 7.77. The number of aliphatic hydroxyl groups excluding tert-OH is 1. The van der Waals surface area contributed by atoms with E-state index in [4.69, 9.17) is 5.11 Å². The number of hydrogen-bond donors (Lipinski definition) is 6. The van der Waals surface area contributed by atoms with Crippen LogP contribution >= 0.6 is 0 Å². The Balaban J connectivity index is 2.74. The minimum Gasteiger partial charge on any atom is -0.465 e. The molecule has 0 saturated heterocycles. The maximum absolute atomic E-state index is 12.5. The summed E-state index contributed by atoms with van der Waals surface area (Å²) in [6, 6.07) is 7.51.